The monoisotopic (exact) mass is 592 g/mol. The molecule has 2 aliphatic rings. The van der Waals surface area contributed by atoms with Crippen LogP contribution in [0.15, 0.2) is 78.9 Å². The van der Waals surface area contributed by atoms with E-state index in [0.717, 1.165) is 16.8 Å². The Hall–Kier alpha value is -3.01. The van der Waals surface area contributed by atoms with Gasteiger partial charge in [-0.05, 0) is 42.4 Å². The van der Waals surface area contributed by atoms with E-state index in [1.165, 1.54) is 0 Å². The van der Waals surface area contributed by atoms with E-state index in [9.17, 15) is 19.5 Å². The van der Waals surface area contributed by atoms with Crippen LogP contribution in [0.1, 0.15) is 30.0 Å². The first-order chi connectivity index (χ1) is 19.6. The van der Waals surface area contributed by atoms with Crippen molar-refractivity contribution in [3.05, 3.63) is 101 Å². The molecule has 1 spiro atoms. The Morgan fingerprint density at radius 3 is 2.29 bits per heavy atom. The zero-order valence-electron chi connectivity index (χ0n) is 23.7. The Bertz CT molecular complexity index is 1400. The van der Waals surface area contributed by atoms with Crippen molar-refractivity contribution in [2.24, 2.45) is 5.92 Å². The number of rotatable bonds is 9. The number of hydrogen-bond acceptors (Lipinski definition) is 5. The van der Waals surface area contributed by atoms with Gasteiger partial charge in [-0.3, -0.25) is 9.59 Å². The second kappa shape index (κ2) is 11.7. The molecule has 4 atom stereocenters. The van der Waals surface area contributed by atoms with Crippen molar-refractivity contribution in [1.29, 1.82) is 0 Å². The Kier molecular flexibility index (Phi) is 8.41. The summed E-state index contributed by atoms with van der Waals surface area (Å²) in [6.45, 7) is 6.33. The van der Waals surface area contributed by atoms with Crippen molar-refractivity contribution in [2.75, 3.05) is 18.1 Å². The maximum atomic E-state index is 14.5. The molecular formula is C32H37ClN2O5Si. The minimum absolute atomic E-state index is 0.0115. The first kappa shape index (κ1) is 29.5. The van der Waals surface area contributed by atoms with E-state index in [4.69, 9.17) is 16.3 Å². The smallest absolute Gasteiger partial charge is 0.264 e. The van der Waals surface area contributed by atoms with E-state index in [1.54, 1.807) is 21.9 Å². The maximum Gasteiger partial charge on any atom is 0.264 e. The van der Waals surface area contributed by atoms with Crippen molar-refractivity contribution in [1.82, 2.24) is 4.90 Å². The number of nitrogens with zero attached hydrogens (tertiary/aromatic N) is 2. The van der Waals surface area contributed by atoms with Crippen molar-refractivity contribution in [2.45, 2.75) is 56.8 Å². The predicted octanol–water partition coefficient (Wildman–Crippen LogP) is 5.10. The summed E-state index contributed by atoms with van der Waals surface area (Å²) in [6.07, 6.45) is -0.698. The van der Waals surface area contributed by atoms with E-state index in [2.05, 4.69) is 0 Å². The molecule has 3 aromatic rings. The summed E-state index contributed by atoms with van der Waals surface area (Å²) in [5, 5.41) is 10.2. The molecule has 5 rings (SSSR count). The molecule has 7 nitrogen and oxygen atoms in total. The lowest BCUT2D eigenvalue weighted by atomic mass is 9.82. The van der Waals surface area contributed by atoms with Crippen molar-refractivity contribution < 1.29 is 24.2 Å². The van der Waals surface area contributed by atoms with Crippen LogP contribution >= 0.6 is 11.6 Å². The van der Waals surface area contributed by atoms with Gasteiger partial charge in [0.2, 0.25) is 5.91 Å². The van der Waals surface area contributed by atoms with Crippen molar-refractivity contribution in [3.63, 3.8) is 0 Å². The Balaban J connectivity index is 1.50. The van der Waals surface area contributed by atoms with E-state index in [-0.39, 0.29) is 31.4 Å². The summed E-state index contributed by atoms with van der Waals surface area (Å²) >= 11 is 6.48. The zero-order valence-corrected chi connectivity index (χ0v) is 25.4. The number of hydrogen-bond donors (Lipinski definition) is 2. The van der Waals surface area contributed by atoms with Crippen molar-refractivity contribution in [3.8, 4) is 0 Å². The molecular weight excluding hydrogens is 556 g/mol. The molecule has 2 aliphatic heterocycles. The van der Waals surface area contributed by atoms with Crippen LogP contribution in [0.2, 0.25) is 23.7 Å². The van der Waals surface area contributed by atoms with Gasteiger partial charge in [0.25, 0.3) is 5.91 Å². The molecule has 0 unspecified atom stereocenters. The third kappa shape index (κ3) is 5.59. The standard InChI is InChI=1S/C32H37ClN2O5Si/c1-22-30(41(2,3)39)28(19-29(37)34(16-17-36)20-23-10-6-4-7-11-23)40-32(22)26-18-25(33)14-15-27(26)35(31(32)38)21-24-12-8-5-9-13-24/h4-15,18,22,28,30,36,39H,16-17,19-21H2,1-3H3/t22-,28+,30-,32+/m0/s1. The molecule has 1 fully saturated rings. The SMILES string of the molecule is C[C@H]1[C@H]([Si](C)(C)O)[C@@H](CC(=O)N(CCO)Cc2ccccc2)O[C@]12C(=O)N(Cc1ccccc1)c1ccc(Cl)cc12. The highest BCUT2D eigenvalue weighted by atomic mass is 35.5. The third-order valence-electron chi connectivity index (χ3n) is 8.44. The maximum absolute atomic E-state index is 14.5. The second-order valence-corrected chi connectivity index (χ2v) is 16.0. The van der Waals surface area contributed by atoms with Gasteiger partial charge < -0.3 is 24.4 Å². The lowest BCUT2D eigenvalue weighted by molar-refractivity contribution is -0.150. The van der Waals surface area contributed by atoms with Crippen LogP contribution < -0.4 is 4.90 Å². The number of benzene rings is 3. The first-order valence-electron chi connectivity index (χ1n) is 14.0. The van der Waals surface area contributed by atoms with Gasteiger partial charge >= 0.3 is 0 Å². The number of anilines is 1. The quantitative estimate of drug-likeness (QED) is 0.338. The fraction of sp³-hybridized carbons (Fsp3) is 0.375. The molecule has 2 heterocycles. The highest BCUT2D eigenvalue weighted by molar-refractivity contribution is 6.71. The van der Waals surface area contributed by atoms with Crippen LogP contribution in [0.4, 0.5) is 5.69 Å². The lowest BCUT2D eigenvalue weighted by Gasteiger charge is -2.32. The van der Waals surface area contributed by atoms with E-state index in [1.807, 2.05) is 86.7 Å². The van der Waals surface area contributed by atoms with E-state index < -0.39 is 31.5 Å². The minimum Gasteiger partial charge on any atom is -0.432 e. The molecule has 0 aliphatic carbocycles. The van der Waals surface area contributed by atoms with Crippen LogP contribution in [0.25, 0.3) is 0 Å². The van der Waals surface area contributed by atoms with Gasteiger partial charge in [-0.1, -0.05) is 79.2 Å². The average molecular weight is 593 g/mol. The van der Waals surface area contributed by atoms with Crippen LogP contribution in [-0.4, -0.2) is 54.2 Å². The van der Waals surface area contributed by atoms with Crippen LogP contribution in [0.3, 0.4) is 0 Å². The van der Waals surface area contributed by atoms with Gasteiger partial charge in [-0.25, -0.2) is 0 Å². The molecule has 3 aromatic carbocycles. The molecule has 0 radical (unpaired) electrons. The molecule has 0 saturated carbocycles. The van der Waals surface area contributed by atoms with Gasteiger partial charge in [0.1, 0.15) is 0 Å². The average Bonchev–Trinajstić information content (AvgIpc) is 3.36. The Labute approximate surface area is 247 Å². The highest BCUT2D eigenvalue weighted by Gasteiger charge is 2.66. The molecule has 1 saturated heterocycles. The minimum atomic E-state index is -2.95. The van der Waals surface area contributed by atoms with Gasteiger partial charge in [-0.2, -0.15) is 0 Å². The van der Waals surface area contributed by atoms with Crippen LogP contribution in [-0.2, 0) is 33.0 Å². The Morgan fingerprint density at radius 1 is 1.05 bits per heavy atom. The number of amides is 2. The first-order valence-corrected chi connectivity index (χ1v) is 17.4. The molecule has 2 amide bonds. The second-order valence-electron chi connectivity index (χ2n) is 11.6. The Morgan fingerprint density at radius 2 is 1.68 bits per heavy atom. The van der Waals surface area contributed by atoms with Gasteiger partial charge in [0.15, 0.2) is 13.9 Å². The highest BCUT2D eigenvalue weighted by Crippen LogP contribution is 2.60. The fourth-order valence-electron chi connectivity index (χ4n) is 6.69. The number of aliphatic hydroxyl groups excluding tert-OH is 1. The number of carbonyl (C=O) groups excluding carboxylic acids is 2. The summed E-state index contributed by atoms with van der Waals surface area (Å²) in [5.41, 5.74) is 1.55. The fourth-order valence-corrected chi connectivity index (χ4v) is 9.42. The van der Waals surface area contributed by atoms with Gasteiger partial charge in [0.05, 0.1) is 31.4 Å². The summed E-state index contributed by atoms with van der Waals surface area (Å²) in [5.74, 6) is -0.808. The topological polar surface area (TPSA) is 90.3 Å². The number of aliphatic hydroxyl groups is 1. The largest absolute Gasteiger partial charge is 0.432 e. The summed E-state index contributed by atoms with van der Waals surface area (Å²) in [4.78, 5) is 43.0. The third-order valence-corrected chi connectivity index (χ3v) is 11.2. The lowest BCUT2D eigenvalue weighted by Crippen LogP contribution is -2.46. The van der Waals surface area contributed by atoms with Gasteiger partial charge in [-0.15, -0.1) is 0 Å². The number of fused-ring (bicyclic) bond motifs is 2. The summed E-state index contributed by atoms with van der Waals surface area (Å²) in [6, 6.07) is 24.8. The molecule has 2 N–H and O–H groups in total. The normalized spacial score (nSPS) is 23.7. The number of ether oxygens (including phenoxy) is 1. The number of carbonyl (C=O) groups is 2. The van der Waals surface area contributed by atoms with Crippen molar-refractivity contribution >= 4 is 37.4 Å². The zero-order chi connectivity index (χ0) is 29.4. The van der Waals surface area contributed by atoms with Gasteiger partial charge in [0, 0.05) is 35.1 Å². The number of halogens is 1. The van der Waals surface area contributed by atoms with E-state index >= 15 is 0 Å². The molecule has 41 heavy (non-hydrogen) atoms. The summed E-state index contributed by atoms with van der Waals surface area (Å²) in [7, 11) is -2.95. The molecule has 216 valence electrons. The summed E-state index contributed by atoms with van der Waals surface area (Å²) < 4.78 is 6.79. The van der Waals surface area contributed by atoms with E-state index in [0.29, 0.717) is 23.7 Å². The molecule has 0 bridgehead atoms. The van der Waals surface area contributed by atoms with Crippen LogP contribution in [0, 0.1) is 5.92 Å². The molecule has 0 aromatic heterocycles. The van der Waals surface area contributed by atoms with Crippen LogP contribution in [0.5, 0.6) is 0 Å². The predicted molar refractivity (Wildman–Crippen MR) is 162 cm³/mol. The molecule has 9 heteroatoms.